The molecule has 0 aromatic rings. The molecule has 0 radical (unpaired) electrons. The van der Waals surface area contributed by atoms with Gasteiger partial charge < -0.3 is 5.53 Å². The van der Waals surface area contributed by atoms with E-state index in [1.165, 1.54) is 0 Å². The molecule has 0 saturated carbocycles. The molecule has 0 amide bonds. The van der Waals surface area contributed by atoms with Crippen LogP contribution in [-0.2, 0) is 13.6 Å². The van der Waals surface area contributed by atoms with Crippen LogP contribution < -0.4 is 0 Å². The van der Waals surface area contributed by atoms with E-state index >= 15 is 0 Å². The van der Waals surface area contributed by atoms with Crippen molar-refractivity contribution in [2.24, 2.45) is 0 Å². The first-order chi connectivity index (χ1) is 8.50. The fraction of sp³-hybridized carbons (Fsp3) is 0.909. The first-order valence-corrected chi connectivity index (χ1v) is 8.02. The summed E-state index contributed by atoms with van der Waals surface area (Å²) in [7, 11) is -3.53. The molecule has 0 aromatic heterocycles. The Bertz CT molecular complexity index is 331. The highest BCUT2D eigenvalue weighted by Gasteiger charge is 2.54. The summed E-state index contributed by atoms with van der Waals surface area (Å²) in [5.74, 6) is 0. The van der Waals surface area contributed by atoms with Crippen LogP contribution in [0.2, 0.25) is 0 Å². The van der Waals surface area contributed by atoms with Crippen LogP contribution in [0.4, 0.5) is 0 Å². The van der Waals surface area contributed by atoms with Gasteiger partial charge in [0.05, 0.1) is 32.8 Å². The van der Waals surface area contributed by atoms with E-state index in [1.54, 1.807) is 13.8 Å². The lowest BCUT2D eigenvalue weighted by atomic mass is 10.4. The monoisotopic (exact) mass is 278 g/mol. The molecule has 0 bridgehead atoms. The summed E-state index contributed by atoms with van der Waals surface area (Å²) in [5, 5.41) is 0. The molecule has 0 rings (SSSR count). The Morgan fingerprint density at radius 1 is 1.06 bits per heavy atom. The molecule has 0 spiro atoms. The second-order valence-electron chi connectivity index (χ2n) is 3.83. The largest absolute Gasteiger partial charge is 0.555 e. The van der Waals surface area contributed by atoms with Gasteiger partial charge in [0.15, 0.2) is 0 Å². The molecule has 7 heteroatoms. The summed E-state index contributed by atoms with van der Waals surface area (Å²) in [6, 6.07) is 0. The van der Waals surface area contributed by atoms with Crippen molar-refractivity contribution in [1.82, 2.24) is 0 Å². The second-order valence-corrected chi connectivity index (χ2v) is 5.74. The van der Waals surface area contributed by atoms with E-state index in [-0.39, 0.29) is 18.8 Å². The van der Waals surface area contributed by atoms with Crippen molar-refractivity contribution >= 4 is 13.2 Å². The van der Waals surface area contributed by atoms with Gasteiger partial charge in [-0.1, -0.05) is 4.79 Å². The summed E-state index contributed by atoms with van der Waals surface area (Å²) in [6.45, 7) is 11.8. The molecular weight excluding hydrogens is 253 g/mol. The van der Waals surface area contributed by atoms with Crippen LogP contribution in [0.15, 0.2) is 0 Å². The van der Waals surface area contributed by atoms with Gasteiger partial charge in [-0.15, -0.1) is 0 Å². The van der Waals surface area contributed by atoms with E-state index in [2.05, 4.69) is 4.79 Å². The Hall–Kier alpha value is -0.510. The highest BCUT2D eigenvalue weighted by molar-refractivity contribution is 7.71. The minimum absolute atomic E-state index is 0.0960. The van der Waals surface area contributed by atoms with E-state index < -0.39 is 7.60 Å². The molecule has 0 aliphatic heterocycles. The molecule has 0 saturated heterocycles. The SMILES string of the molecule is CCOP(=O)(OCC)C(=[N+]=[N-])[N+](CC)(CC)CC. The van der Waals surface area contributed by atoms with Gasteiger partial charge in [-0.25, -0.2) is 9.05 Å². The quantitative estimate of drug-likeness (QED) is 0.171. The summed E-state index contributed by atoms with van der Waals surface area (Å²) >= 11 is 0. The van der Waals surface area contributed by atoms with E-state index in [0.717, 1.165) is 0 Å². The maximum atomic E-state index is 12.7. The number of amidine groups is 1. The van der Waals surface area contributed by atoms with Crippen LogP contribution in [-0.4, -0.2) is 47.7 Å². The predicted octanol–water partition coefficient (Wildman–Crippen LogP) is 2.71. The Kier molecular flexibility index (Phi) is 7.60. The number of quaternary nitrogens is 1. The Morgan fingerprint density at radius 3 is 1.67 bits per heavy atom. The lowest BCUT2D eigenvalue weighted by Gasteiger charge is -2.31. The average Bonchev–Trinajstić information content (AvgIpc) is 2.36. The van der Waals surface area contributed by atoms with Crippen molar-refractivity contribution < 1.29 is 22.9 Å². The summed E-state index contributed by atoms with van der Waals surface area (Å²) < 4.78 is 23.5. The molecule has 0 aliphatic rings. The molecule has 0 unspecified atom stereocenters. The van der Waals surface area contributed by atoms with E-state index in [9.17, 15) is 10.1 Å². The molecule has 0 aromatic carbocycles. The van der Waals surface area contributed by atoms with Crippen LogP contribution >= 0.6 is 7.60 Å². The van der Waals surface area contributed by atoms with Gasteiger partial charge in [-0.05, 0) is 34.6 Å². The maximum Gasteiger partial charge on any atom is 0.555 e. The van der Waals surface area contributed by atoms with Gasteiger partial charge >= 0.3 is 13.2 Å². The van der Waals surface area contributed by atoms with Crippen molar-refractivity contribution in [2.75, 3.05) is 32.8 Å². The van der Waals surface area contributed by atoms with Gasteiger partial charge in [0.25, 0.3) is 0 Å². The van der Waals surface area contributed by atoms with Gasteiger partial charge in [0.2, 0.25) is 0 Å². The zero-order valence-electron chi connectivity index (χ0n) is 12.0. The average molecular weight is 278 g/mol. The fourth-order valence-electron chi connectivity index (χ4n) is 2.00. The van der Waals surface area contributed by atoms with Crippen molar-refractivity contribution in [2.45, 2.75) is 34.6 Å². The molecule has 18 heavy (non-hydrogen) atoms. The Labute approximate surface area is 110 Å². The van der Waals surface area contributed by atoms with Crippen LogP contribution in [0.1, 0.15) is 34.6 Å². The summed E-state index contributed by atoms with van der Waals surface area (Å²) in [4.78, 5) is 3.26. The predicted molar refractivity (Wildman–Crippen MR) is 71.4 cm³/mol. The minimum Gasteiger partial charge on any atom is -0.354 e. The van der Waals surface area contributed by atoms with Crippen molar-refractivity contribution in [1.29, 1.82) is 0 Å². The normalized spacial score (nSPS) is 12.3. The summed E-state index contributed by atoms with van der Waals surface area (Å²) in [5.41, 5.74) is 9.38. The zero-order chi connectivity index (χ0) is 14.2. The van der Waals surface area contributed by atoms with Gasteiger partial charge in [0, 0.05) is 0 Å². The van der Waals surface area contributed by atoms with Crippen LogP contribution in [0.25, 0.3) is 5.53 Å². The Balaban J connectivity index is 5.65. The van der Waals surface area contributed by atoms with Crippen molar-refractivity contribution in [3.63, 3.8) is 0 Å². The Morgan fingerprint density at radius 2 is 1.44 bits per heavy atom. The molecular formula is C11H25N3O3P+. The zero-order valence-corrected chi connectivity index (χ0v) is 12.9. The third-order valence-electron chi connectivity index (χ3n) is 3.17. The highest BCUT2D eigenvalue weighted by Crippen LogP contribution is 2.51. The first kappa shape index (κ1) is 17.5. The third kappa shape index (κ3) is 3.50. The molecule has 106 valence electrons. The highest BCUT2D eigenvalue weighted by atomic mass is 31.2. The molecule has 0 fully saturated rings. The minimum atomic E-state index is -3.53. The van der Waals surface area contributed by atoms with E-state index in [1.807, 2.05) is 20.8 Å². The second kappa shape index (κ2) is 7.82. The molecule has 0 N–H and O–H groups in total. The lowest BCUT2D eigenvalue weighted by molar-refractivity contribution is -0.842. The maximum absolute atomic E-state index is 12.7. The van der Waals surface area contributed by atoms with Crippen molar-refractivity contribution in [3.05, 3.63) is 5.53 Å². The fourth-order valence-corrected chi connectivity index (χ4v) is 4.04. The first-order valence-electron chi connectivity index (χ1n) is 6.48. The van der Waals surface area contributed by atoms with Crippen LogP contribution in [0.5, 0.6) is 0 Å². The molecule has 0 aliphatic carbocycles. The van der Waals surface area contributed by atoms with Gasteiger partial charge in [0.1, 0.15) is 0 Å². The van der Waals surface area contributed by atoms with E-state index in [0.29, 0.717) is 24.1 Å². The number of nitrogens with zero attached hydrogens (tertiary/aromatic N) is 3. The summed E-state index contributed by atoms with van der Waals surface area (Å²) in [6.07, 6.45) is 0. The van der Waals surface area contributed by atoms with Crippen molar-refractivity contribution in [3.8, 4) is 0 Å². The lowest BCUT2D eigenvalue weighted by Crippen LogP contribution is -2.53. The van der Waals surface area contributed by atoms with Gasteiger partial charge in [-0.3, -0.25) is 9.05 Å². The molecule has 0 heterocycles. The van der Waals surface area contributed by atoms with Crippen LogP contribution in [0.3, 0.4) is 0 Å². The number of rotatable bonds is 8. The molecule has 6 nitrogen and oxygen atoms in total. The van der Waals surface area contributed by atoms with E-state index in [4.69, 9.17) is 9.05 Å². The standard InChI is InChI=1S/C11H25N3O3P/c1-6-14(7-2,8-3)11(13-12)18(15,16-9-4)17-10-5/h6-10H2,1-5H3/q+1. The van der Waals surface area contributed by atoms with Gasteiger partial charge in [-0.2, -0.15) is 0 Å². The van der Waals surface area contributed by atoms with Crippen LogP contribution in [0, 0.1) is 0 Å². The topological polar surface area (TPSA) is 71.9 Å². The number of hydrogen-bond donors (Lipinski definition) is 0. The molecule has 0 atom stereocenters. The number of hydrogen-bond acceptors (Lipinski definition) is 3. The smallest absolute Gasteiger partial charge is 0.354 e. The third-order valence-corrected chi connectivity index (χ3v) is 5.37.